The van der Waals surface area contributed by atoms with Crippen LogP contribution in [0.1, 0.15) is 12.0 Å². The van der Waals surface area contributed by atoms with E-state index in [1.807, 2.05) is 12.1 Å². The summed E-state index contributed by atoms with van der Waals surface area (Å²) in [6.45, 7) is 0. The van der Waals surface area contributed by atoms with Gasteiger partial charge in [-0.25, -0.2) is 0 Å². The van der Waals surface area contributed by atoms with Crippen molar-refractivity contribution in [2.75, 3.05) is 5.75 Å². The molecule has 0 saturated carbocycles. The molecule has 1 aliphatic rings. The van der Waals surface area contributed by atoms with Gasteiger partial charge in [-0.2, -0.15) is 0 Å². The maximum atomic E-state index is 11.1. The van der Waals surface area contributed by atoms with Crippen molar-refractivity contribution in [2.24, 2.45) is 0 Å². The first kappa shape index (κ1) is 10.2. The second-order valence-corrected chi connectivity index (χ2v) is 5.71. The Morgan fingerprint density at radius 3 is 3.00 bits per heavy atom. The summed E-state index contributed by atoms with van der Waals surface area (Å²) in [5.41, 5.74) is 1.31. The second kappa shape index (κ2) is 4.49. The Morgan fingerprint density at radius 1 is 1.50 bits per heavy atom. The maximum absolute atomic E-state index is 11.1. The first-order chi connectivity index (χ1) is 6.74. The van der Waals surface area contributed by atoms with Gasteiger partial charge >= 0.3 is 0 Å². The Labute approximate surface area is 96.4 Å². The van der Waals surface area contributed by atoms with Crippen LogP contribution in [0, 0.1) is 0 Å². The first-order valence-electron chi connectivity index (χ1n) is 4.62. The third kappa shape index (κ3) is 2.61. The van der Waals surface area contributed by atoms with Crippen LogP contribution in [-0.2, 0) is 11.2 Å². The fraction of sp³-hybridized carbons (Fsp3) is 0.364. The Morgan fingerprint density at radius 2 is 2.36 bits per heavy atom. The maximum Gasteiger partial charge on any atom is 0.143 e. The lowest BCUT2D eigenvalue weighted by Crippen LogP contribution is -2.04. The van der Waals surface area contributed by atoms with Gasteiger partial charge in [-0.05, 0) is 24.1 Å². The molecule has 1 nitrogen and oxygen atoms in total. The fourth-order valence-corrected chi connectivity index (χ4v) is 3.24. The minimum atomic E-state index is 0.398. The molecule has 1 aromatic carbocycles. The Balaban J connectivity index is 2.00. The van der Waals surface area contributed by atoms with E-state index in [1.54, 1.807) is 11.8 Å². The molecular formula is C11H11BrOS. The zero-order valence-corrected chi connectivity index (χ0v) is 10.1. The molecule has 0 radical (unpaired) electrons. The van der Waals surface area contributed by atoms with Crippen LogP contribution in [0.4, 0.5) is 0 Å². The van der Waals surface area contributed by atoms with E-state index < -0.39 is 0 Å². The van der Waals surface area contributed by atoms with Crippen LogP contribution in [0.25, 0.3) is 0 Å². The van der Waals surface area contributed by atoms with E-state index in [1.165, 1.54) is 5.56 Å². The van der Waals surface area contributed by atoms with E-state index in [4.69, 9.17) is 0 Å². The van der Waals surface area contributed by atoms with Gasteiger partial charge in [0.25, 0.3) is 0 Å². The molecule has 3 heteroatoms. The molecule has 14 heavy (non-hydrogen) atoms. The highest BCUT2D eigenvalue weighted by Crippen LogP contribution is 2.27. The SMILES string of the molecule is O=C1CSC(Cc2cccc(Br)c2)C1. The molecule has 0 bridgehead atoms. The van der Waals surface area contributed by atoms with Crippen LogP contribution in [-0.4, -0.2) is 16.8 Å². The molecule has 2 rings (SSSR count). The van der Waals surface area contributed by atoms with Gasteiger partial charge in [-0.15, -0.1) is 11.8 Å². The van der Waals surface area contributed by atoms with Crippen LogP contribution < -0.4 is 0 Å². The summed E-state index contributed by atoms with van der Waals surface area (Å²) in [5.74, 6) is 1.11. The van der Waals surface area contributed by atoms with Gasteiger partial charge in [-0.3, -0.25) is 4.79 Å². The molecule has 0 N–H and O–H groups in total. The molecule has 1 aromatic rings. The third-order valence-corrected chi connectivity index (χ3v) is 4.07. The minimum absolute atomic E-state index is 0.398. The molecule has 1 heterocycles. The summed E-state index contributed by atoms with van der Waals surface area (Å²) in [5, 5.41) is 0.497. The van der Waals surface area contributed by atoms with Gasteiger partial charge < -0.3 is 0 Å². The quantitative estimate of drug-likeness (QED) is 0.822. The van der Waals surface area contributed by atoms with Crippen LogP contribution in [0.2, 0.25) is 0 Å². The number of halogens is 1. The van der Waals surface area contributed by atoms with Gasteiger partial charge in [-0.1, -0.05) is 28.1 Å². The van der Waals surface area contributed by atoms with Gasteiger partial charge in [0.1, 0.15) is 5.78 Å². The standard InChI is InChI=1S/C11H11BrOS/c12-9-3-1-2-8(4-9)5-11-6-10(13)7-14-11/h1-4,11H,5-7H2. The lowest BCUT2D eigenvalue weighted by molar-refractivity contribution is -0.116. The molecule has 1 saturated heterocycles. The van der Waals surface area contributed by atoms with Gasteiger partial charge in [0.15, 0.2) is 0 Å². The van der Waals surface area contributed by atoms with Crippen LogP contribution in [0.5, 0.6) is 0 Å². The molecule has 74 valence electrons. The van der Waals surface area contributed by atoms with Crippen molar-refractivity contribution < 1.29 is 4.79 Å². The van der Waals surface area contributed by atoms with E-state index in [2.05, 4.69) is 28.1 Å². The van der Waals surface area contributed by atoms with Crippen molar-refractivity contribution in [1.29, 1.82) is 0 Å². The average molecular weight is 271 g/mol. The van der Waals surface area contributed by atoms with Crippen molar-refractivity contribution in [3.63, 3.8) is 0 Å². The van der Waals surface area contributed by atoms with E-state index in [0.29, 0.717) is 16.8 Å². The molecule has 0 aromatic heterocycles. The number of benzene rings is 1. The number of hydrogen-bond donors (Lipinski definition) is 0. The zero-order chi connectivity index (χ0) is 9.97. The van der Waals surface area contributed by atoms with Crippen LogP contribution in [0.3, 0.4) is 0 Å². The summed E-state index contributed by atoms with van der Waals surface area (Å²) in [6, 6.07) is 8.31. The Hall–Kier alpha value is -0.280. The number of rotatable bonds is 2. The number of hydrogen-bond acceptors (Lipinski definition) is 2. The predicted octanol–water partition coefficient (Wildman–Crippen LogP) is 3.07. The van der Waals surface area contributed by atoms with Crippen molar-refractivity contribution in [1.82, 2.24) is 0 Å². The highest BCUT2D eigenvalue weighted by Gasteiger charge is 2.22. The van der Waals surface area contributed by atoms with E-state index in [-0.39, 0.29) is 0 Å². The minimum Gasteiger partial charge on any atom is -0.299 e. The molecule has 0 aliphatic carbocycles. The molecule has 0 amide bonds. The van der Waals surface area contributed by atoms with E-state index >= 15 is 0 Å². The van der Waals surface area contributed by atoms with Crippen LogP contribution >= 0.6 is 27.7 Å². The molecule has 1 aliphatic heterocycles. The van der Waals surface area contributed by atoms with Crippen molar-refractivity contribution >= 4 is 33.5 Å². The smallest absolute Gasteiger partial charge is 0.143 e. The predicted molar refractivity (Wildman–Crippen MR) is 63.7 cm³/mol. The topological polar surface area (TPSA) is 17.1 Å². The summed E-state index contributed by atoms with van der Waals surface area (Å²) in [7, 11) is 0. The fourth-order valence-electron chi connectivity index (χ4n) is 1.64. The summed E-state index contributed by atoms with van der Waals surface area (Å²) in [4.78, 5) is 11.1. The highest BCUT2D eigenvalue weighted by atomic mass is 79.9. The summed E-state index contributed by atoms with van der Waals surface area (Å²) >= 11 is 5.24. The van der Waals surface area contributed by atoms with Gasteiger partial charge in [0, 0.05) is 16.1 Å². The monoisotopic (exact) mass is 270 g/mol. The number of carbonyl (C=O) groups excluding carboxylic acids is 1. The number of ketones is 1. The number of Topliss-reactive ketones (excluding diaryl/α,β-unsaturated/α-hetero) is 1. The highest BCUT2D eigenvalue weighted by molar-refractivity contribution is 9.10. The van der Waals surface area contributed by atoms with E-state index in [0.717, 1.165) is 17.3 Å². The first-order valence-corrected chi connectivity index (χ1v) is 6.46. The average Bonchev–Trinajstić information content (AvgIpc) is 2.51. The van der Waals surface area contributed by atoms with Crippen molar-refractivity contribution in [3.8, 4) is 0 Å². The lowest BCUT2D eigenvalue weighted by Gasteiger charge is -2.07. The number of carbonyl (C=O) groups is 1. The number of thioether (sulfide) groups is 1. The molecule has 1 atom stereocenters. The van der Waals surface area contributed by atoms with Gasteiger partial charge in [0.2, 0.25) is 0 Å². The Kier molecular flexibility index (Phi) is 3.29. The normalized spacial score (nSPS) is 21.5. The van der Waals surface area contributed by atoms with Gasteiger partial charge in [0.05, 0.1) is 5.75 Å². The lowest BCUT2D eigenvalue weighted by atomic mass is 10.1. The Bertz CT molecular complexity index is 351. The summed E-state index contributed by atoms with van der Waals surface area (Å²) in [6.07, 6.45) is 1.76. The van der Waals surface area contributed by atoms with Crippen LogP contribution in [0.15, 0.2) is 28.7 Å². The van der Waals surface area contributed by atoms with E-state index in [9.17, 15) is 4.79 Å². The molecule has 1 fully saturated rings. The van der Waals surface area contributed by atoms with Crippen molar-refractivity contribution in [2.45, 2.75) is 18.1 Å². The summed E-state index contributed by atoms with van der Waals surface area (Å²) < 4.78 is 1.12. The van der Waals surface area contributed by atoms with Crippen molar-refractivity contribution in [3.05, 3.63) is 34.3 Å². The molecule has 0 spiro atoms. The third-order valence-electron chi connectivity index (χ3n) is 2.29. The second-order valence-electron chi connectivity index (χ2n) is 3.51. The molecule has 1 unspecified atom stereocenters. The molecular weight excluding hydrogens is 260 g/mol. The zero-order valence-electron chi connectivity index (χ0n) is 7.70. The largest absolute Gasteiger partial charge is 0.299 e.